The summed E-state index contributed by atoms with van der Waals surface area (Å²) >= 11 is 5.74. The van der Waals surface area contributed by atoms with Gasteiger partial charge in [0.1, 0.15) is 0 Å². The highest BCUT2D eigenvalue weighted by Gasteiger charge is 2.37. The summed E-state index contributed by atoms with van der Waals surface area (Å²) in [7, 11) is -3.34. The zero-order valence-corrected chi connectivity index (χ0v) is 11.6. The fraction of sp³-hybridized carbons (Fsp3) is 0.455. The molecule has 9 heteroatoms. The molecular weight excluding hydrogens is 319 g/mol. The second kappa shape index (κ2) is 5.09. The summed E-state index contributed by atoms with van der Waals surface area (Å²) in [6.45, 7) is 0. The van der Waals surface area contributed by atoms with E-state index in [1.165, 1.54) is 0 Å². The summed E-state index contributed by atoms with van der Waals surface area (Å²) in [6.07, 6.45) is -5.61. The molecule has 1 aromatic rings. The molecule has 1 aliphatic rings. The van der Waals surface area contributed by atoms with E-state index in [-0.39, 0.29) is 22.2 Å². The van der Waals surface area contributed by atoms with Gasteiger partial charge in [0.2, 0.25) is 0 Å². The van der Waals surface area contributed by atoms with Crippen LogP contribution in [-0.4, -0.2) is 37.2 Å². The van der Waals surface area contributed by atoms with E-state index in [4.69, 9.17) is 11.6 Å². The lowest BCUT2D eigenvalue weighted by molar-refractivity contribution is -0.137. The predicted molar refractivity (Wildman–Crippen MR) is 68.5 cm³/mol. The smallest absolute Gasteiger partial charge is 0.390 e. The van der Waals surface area contributed by atoms with Gasteiger partial charge in [0.25, 0.3) is 0 Å². The Morgan fingerprint density at radius 1 is 1.30 bits per heavy atom. The third kappa shape index (κ3) is 3.36. The lowest BCUT2D eigenvalue weighted by Crippen LogP contribution is -2.32. The Morgan fingerprint density at radius 2 is 1.95 bits per heavy atom. The molecule has 2 N–H and O–H groups in total. The fourth-order valence-electron chi connectivity index (χ4n) is 1.98. The van der Waals surface area contributed by atoms with Crippen molar-refractivity contribution >= 4 is 27.1 Å². The molecule has 0 bridgehead atoms. The maximum Gasteiger partial charge on any atom is 0.416 e. The van der Waals surface area contributed by atoms with Crippen molar-refractivity contribution in [2.75, 3.05) is 16.8 Å². The van der Waals surface area contributed by atoms with Crippen LogP contribution in [0.25, 0.3) is 0 Å². The molecule has 2 rings (SSSR count). The summed E-state index contributed by atoms with van der Waals surface area (Å²) in [5, 5.41) is 12.1. The Bertz CT molecular complexity index is 618. The number of nitrogens with one attached hydrogen (secondary N) is 1. The van der Waals surface area contributed by atoms with Crippen molar-refractivity contribution in [1.82, 2.24) is 0 Å². The molecule has 0 amide bonds. The molecule has 1 saturated heterocycles. The van der Waals surface area contributed by atoms with Crippen molar-refractivity contribution < 1.29 is 26.7 Å². The monoisotopic (exact) mass is 329 g/mol. The Hall–Kier alpha value is -0.990. The van der Waals surface area contributed by atoms with Crippen LogP contribution in [0, 0.1) is 0 Å². The van der Waals surface area contributed by atoms with Crippen molar-refractivity contribution in [3.63, 3.8) is 0 Å². The van der Waals surface area contributed by atoms with Crippen LogP contribution in [0.5, 0.6) is 0 Å². The van der Waals surface area contributed by atoms with E-state index in [1.807, 2.05) is 0 Å². The molecule has 0 aromatic heterocycles. The molecule has 1 aliphatic heterocycles. The third-order valence-electron chi connectivity index (χ3n) is 2.96. The van der Waals surface area contributed by atoms with Crippen molar-refractivity contribution in [3.05, 3.63) is 28.8 Å². The van der Waals surface area contributed by atoms with Gasteiger partial charge in [-0.1, -0.05) is 11.6 Å². The van der Waals surface area contributed by atoms with E-state index >= 15 is 0 Å². The van der Waals surface area contributed by atoms with E-state index in [0.717, 1.165) is 18.2 Å². The first-order valence-corrected chi connectivity index (χ1v) is 7.80. The molecule has 1 fully saturated rings. The van der Waals surface area contributed by atoms with E-state index in [2.05, 4.69) is 5.32 Å². The minimum Gasteiger partial charge on any atom is -0.390 e. The van der Waals surface area contributed by atoms with Gasteiger partial charge in [0.05, 0.1) is 39.9 Å². The molecule has 0 radical (unpaired) electrons. The number of anilines is 1. The van der Waals surface area contributed by atoms with Gasteiger partial charge in [0.15, 0.2) is 9.84 Å². The summed E-state index contributed by atoms with van der Waals surface area (Å²) in [6, 6.07) is 1.92. The van der Waals surface area contributed by atoms with Crippen molar-refractivity contribution in [2.24, 2.45) is 0 Å². The Balaban J connectivity index is 2.19. The number of hydrogen-bond acceptors (Lipinski definition) is 4. The standard InChI is InChI=1S/C11H11ClF3NO3S/c12-7-3-6(11(13,14)15)1-2-8(7)16-9-4-20(18,19)5-10(9)17/h1-3,9-10,16-17H,4-5H2. The van der Waals surface area contributed by atoms with Gasteiger partial charge in [-0.15, -0.1) is 0 Å². The number of rotatable bonds is 2. The summed E-state index contributed by atoms with van der Waals surface area (Å²) < 4.78 is 60.1. The number of aliphatic hydroxyl groups excluding tert-OH is 1. The number of hydrogen-bond donors (Lipinski definition) is 2. The highest BCUT2D eigenvalue weighted by molar-refractivity contribution is 7.91. The van der Waals surface area contributed by atoms with Crippen molar-refractivity contribution in [2.45, 2.75) is 18.3 Å². The zero-order chi connectivity index (χ0) is 15.1. The number of halogens is 4. The van der Waals surface area contributed by atoms with Gasteiger partial charge in [-0.3, -0.25) is 0 Å². The highest BCUT2D eigenvalue weighted by atomic mass is 35.5. The van der Waals surface area contributed by atoms with Crippen molar-refractivity contribution in [1.29, 1.82) is 0 Å². The maximum absolute atomic E-state index is 12.5. The molecule has 0 aliphatic carbocycles. The van der Waals surface area contributed by atoms with Crippen LogP contribution in [0.4, 0.5) is 18.9 Å². The lowest BCUT2D eigenvalue weighted by atomic mass is 10.1. The minimum atomic E-state index is -4.50. The molecule has 112 valence electrons. The third-order valence-corrected chi connectivity index (χ3v) is 4.99. The van der Waals surface area contributed by atoms with Crippen LogP contribution < -0.4 is 5.32 Å². The fourth-order valence-corrected chi connectivity index (χ4v) is 3.95. The maximum atomic E-state index is 12.5. The second-order valence-corrected chi connectivity index (χ2v) is 7.15. The number of aliphatic hydroxyl groups is 1. The number of sulfone groups is 1. The van der Waals surface area contributed by atoms with Gasteiger partial charge in [0, 0.05) is 0 Å². The van der Waals surface area contributed by atoms with Crippen LogP contribution in [0.1, 0.15) is 5.56 Å². The van der Waals surface area contributed by atoms with Crippen LogP contribution in [0.2, 0.25) is 5.02 Å². The molecule has 0 saturated carbocycles. The Kier molecular flexibility index (Phi) is 3.92. The summed E-state index contributed by atoms with van der Waals surface area (Å²) in [5.74, 6) is -0.658. The van der Waals surface area contributed by atoms with Crippen LogP contribution in [0.3, 0.4) is 0 Å². The molecular formula is C11H11ClF3NO3S. The first-order valence-electron chi connectivity index (χ1n) is 5.60. The molecule has 2 atom stereocenters. The predicted octanol–water partition coefficient (Wildman–Crippen LogP) is 1.93. The second-order valence-electron chi connectivity index (χ2n) is 4.59. The van der Waals surface area contributed by atoms with E-state index in [1.54, 1.807) is 0 Å². The molecule has 4 nitrogen and oxygen atoms in total. The topological polar surface area (TPSA) is 66.4 Å². The van der Waals surface area contributed by atoms with Gasteiger partial charge in [-0.05, 0) is 18.2 Å². The normalized spacial score (nSPS) is 25.6. The highest BCUT2D eigenvalue weighted by Crippen LogP contribution is 2.34. The molecule has 0 spiro atoms. The molecule has 2 unspecified atom stereocenters. The van der Waals surface area contributed by atoms with Gasteiger partial charge < -0.3 is 10.4 Å². The van der Waals surface area contributed by atoms with Crippen LogP contribution in [-0.2, 0) is 16.0 Å². The van der Waals surface area contributed by atoms with Gasteiger partial charge >= 0.3 is 6.18 Å². The van der Waals surface area contributed by atoms with E-state index < -0.39 is 33.7 Å². The minimum absolute atomic E-state index is 0.154. The number of benzene rings is 1. The summed E-state index contributed by atoms with van der Waals surface area (Å²) in [4.78, 5) is 0. The summed E-state index contributed by atoms with van der Waals surface area (Å²) in [5.41, 5.74) is -0.742. The van der Waals surface area contributed by atoms with Crippen molar-refractivity contribution in [3.8, 4) is 0 Å². The average Bonchev–Trinajstić information content (AvgIpc) is 2.53. The Labute approximate surface area is 118 Å². The zero-order valence-electron chi connectivity index (χ0n) is 9.98. The van der Waals surface area contributed by atoms with Crippen LogP contribution in [0.15, 0.2) is 18.2 Å². The first-order chi connectivity index (χ1) is 9.08. The largest absolute Gasteiger partial charge is 0.416 e. The Morgan fingerprint density at radius 3 is 2.40 bits per heavy atom. The van der Waals surface area contributed by atoms with E-state index in [0.29, 0.717) is 0 Å². The first kappa shape index (κ1) is 15.4. The molecule has 1 aromatic carbocycles. The number of alkyl halides is 3. The lowest BCUT2D eigenvalue weighted by Gasteiger charge is -2.18. The van der Waals surface area contributed by atoms with Crippen LogP contribution >= 0.6 is 11.6 Å². The molecule has 20 heavy (non-hydrogen) atoms. The van der Waals surface area contributed by atoms with Gasteiger partial charge in [-0.2, -0.15) is 13.2 Å². The van der Waals surface area contributed by atoms with E-state index in [9.17, 15) is 26.7 Å². The van der Waals surface area contributed by atoms with Gasteiger partial charge in [-0.25, -0.2) is 8.42 Å². The quantitative estimate of drug-likeness (QED) is 0.870. The molecule has 1 heterocycles. The average molecular weight is 330 g/mol. The SMILES string of the molecule is O=S1(=O)CC(O)C(Nc2ccc(C(F)(F)F)cc2Cl)C1.